The van der Waals surface area contributed by atoms with Crippen molar-refractivity contribution in [3.05, 3.63) is 89.0 Å². The predicted molar refractivity (Wildman–Crippen MR) is 127 cm³/mol. The Morgan fingerprint density at radius 1 is 0.972 bits per heavy atom. The van der Waals surface area contributed by atoms with Crippen LogP contribution in [0.1, 0.15) is 32.7 Å². The van der Waals surface area contributed by atoms with Crippen molar-refractivity contribution in [1.29, 1.82) is 0 Å². The number of halogens is 3. The summed E-state index contributed by atoms with van der Waals surface area (Å²) in [4.78, 5) is 21.6. The highest BCUT2D eigenvalue weighted by Crippen LogP contribution is 2.32. The molecular formula is C25H20F3N7O. The molecule has 3 aromatic heterocycles. The summed E-state index contributed by atoms with van der Waals surface area (Å²) in [6.07, 6.45) is -1.74. The Morgan fingerprint density at radius 2 is 1.75 bits per heavy atom. The Kier molecular flexibility index (Phi) is 5.54. The number of nitrogens with one attached hydrogen (secondary N) is 1. The van der Waals surface area contributed by atoms with Crippen molar-refractivity contribution >= 4 is 22.8 Å². The molecule has 182 valence electrons. The van der Waals surface area contributed by atoms with Crippen LogP contribution in [0.4, 0.5) is 19.0 Å². The molecule has 0 saturated heterocycles. The molecule has 0 aliphatic heterocycles. The summed E-state index contributed by atoms with van der Waals surface area (Å²) in [6.45, 7) is 5.68. The summed E-state index contributed by atoms with van der Waals surface area (Å²) in [5, 5.41) is 12.0. The average Bonchev–Trinajstić information content (AvgIpc) is 3.41. The molecule has 0 saturated carbocycles. The first kappa shape index (κ1) is 23.2. The zero-order valence-electron chi connectivity index (χ0n) is 19.5. The van der Waals surface area contributed by atoms with Crippen LogP contribution in [0.2, 0.25) is 0 Å². The van der Waals surface area contributed by atoms with E-state index in [2.05, 4.69) is 25.5 Å². The van der Waals surface area contributed by atoms with Crippen LogP contribution in [0.5, 0.6) is 0 Å². The van der Waals surface area contributed by atoms with Gasteiger partial charge in [-0.15, -0.1) is 0 Å². The first-order valence-corrected chi connectivity index (χ1v) is 10.9. The lowest BCUT2D eigenvalue weighted by Gasteiger charge is -2.13. The monoisotopic (exact) mass is 491 g/mol. The van der Waals surface area contributed by atoms with E-state index in [0.717, 1.165) is 28.9 Å². The number of rotatable bonds is 4. The van der Waals surface area contributed by atoms with Crippen LogP contribution in [0.25, 0.3) is 22.5 Å². The van der Waals surface area contributed by atoms with Gasteiger partial charge in [0.25, 0.3) is 5.91 Å². The minimum absolute atomic E-state index is 0.161. The summed E-state index contributed by atoms with van der Waals surface area (Å²) in [7, 11) is 0. The Labute approximate surface area is 203 Å². The number of aromatic nitrogens is 6. The predicted octanol–water partition coefficient (Wildman–Crippen LogP) is 5.20. The first-order valence-electron chi connectivity index (χ1n) is 10.9. The van der Waals surface area contributed by atoms with Gasteiger partial charge in [0.05, 0.1) is 34.1 Å². The molecule has 0 fully saturated rings. The third-order valence-electron chi connectivity index (χ3n) is 5.68. The fourth-order valence-electron chi connectivity index (χ4n) is 4.08. The standard InChI is InChI=1S/C25H20F3N7O/c1-14-8-9-20(15(2)10-14)34-22-18(12-31-34)23(30-13-29-22)35-21(11-16(3)33-35)32-24(36)17-6-4-5-7-19(17)25(26,27)28/h4-13H,1-3H3,(H,32,36). The van der Waals surface area contributed by atoms with Gasteiger partial charge in [-0.1, -0.05) is 29.8 Å². The smallest absolute Gasteiger partial charge is 0.306 e. The van der Waals surface area contributed by atoms with E-state index in [1.165, 1.54) is 23.1 Å². The molecule has 1 N–H and O–H groups in total. The second-order valence-electron chi connectivity index (χ2n) is 8.36. The number of anilines is 1. The number of carbonyl (C=O) groups is 1. The van der Waals surface area contributed by atoms with Crippen LogP contribution in [0.3, 0.4) is 0 Å². The Morgan fingerprint density at radius 3 is 2.50 bits per heavy atom. The lowest BCUT2D eigenvalue weighted by molar-refractivity contribution is -0.137. The van der Waals surface area contributed by atoms with E-state index in [1.807, 2.05) is 32.0 Å². The molecule has 2 aromatic carbocycles. The normalized spacial score (nSPS) is 11.7. The van der Waals surface area contributed by atoms with E-state index >= 15 is 0 Å². The number of hydrogen-bond acceptors (Lipinski definition) is 5. The number of hydrogen-bond donors (Lipinski definition) is 1. The summed E-state index contributed by atoms with van der Waals surface area (Å²) < 4.78 is 43.4. The van der Waals surface area contributed by atoms with Gasteiger partial charge in [0.15, 0.2) is 11.5 Å². The molecule has 0 unspecified atom stereocenters. The van der Waals surface area contributed by atoms with Crippen molar-refractivity contribution in [3.8, 4) is 11.5 Å². The van der Waals surface area contributed by atoms with Crippen molar-refractivity contribution < 1.29 is 18.0 Å². The highest BCUT2D eigenvalue weighted by atomic mass is 19.4. The van der Waals surface area contributed by atoms with Crippen LogP contribution >= 0.6 is 0 Å². The van der Waals surface area contributed by atoms with Gasteiger partial charge in [0.1, 0.15) is 12.1 Å². The van der Waals surface area contributed by atoms with Crippen molar-refractivity contribution in [3.63, 3.8) is 0 Å². The van der Waals surface area contributed by atoms with Gasteiger partial charge < -0.3 is 5.32 Å². The molecule has 0 aliphatic carbocycles. The largest absolute Gasteiger partial charge is 0.417 e. The van der Waals surface area contributed by atoms with Gasteiger partial charge in [-0.3, -0.25) is 4.79 Å². The molecule has 36 heavy (non-hydrogen) atoms. The summed E-state index contributed by atoms with van der Waals surface area (Å²) >= 11 is 0. The molecule has 3 heterocycles. The second kappa shape index (κ2) is 8.59. The van der Waals surface area contributed by atoms with Crippen LogP contribution < -0.4 is 5.32 Å². The van der Waals surface area contributed by atoms with Crippen LogP contribution in [-0.4, -0.2) is 35.4 Å². The van der Waals surface area contributed by atoms with E-state index in [1.54, 1.807) is 23.9 Å². The zero-order valence-corrected chi connectivity index (χ0v) is 19.5. The van der Waals surface area contributed by atoms with Crippen molar-refractivity contribution in [2.45, 2.75) is 26.9 Å². The van der Waals surface area contributed by atoms with Gasteiger partial charge in [-0.2, -0.15) is 28.1 Å². The van der Waals surface area contributed by atoms with Gasteiger partial charge in [-0.25, -0.2) is 14.6 Å². The van der Waals surface area contributed by atoms with E-state index in [9.17, 15) is 18.0 Å². The maximum absolute atomic E-state index is 13.4. The molecular weight excluding hydrogens is 471 g/mol. The SMILES string of the molecule is Cc1ccc(-n2ncc3c(-n4nc(C)cc4NC(=O)c4ccccc4C(F)(F)F)ncnc32)c(C)c1. The fraction of sp³-hybridized carbons (Fsp3) is 0.160. The fourth-order valence-corrected chi connectivity index (χ4v) is 4.08. The summed E-state index contributed by atoms with van der Waals surface area (Å²) in [5.41, 5.74) is 2.49. The van der Waals surface area contributed by atoms with Gasteiger partial charge in [-0.05, 0) is 44.5 Å². The number of alkyl halides is 3. The van der Waals surface area contributed by atoms with E-state index in [-0.39, 0.29) is 5.82 Å². The number of aryl methyl sites for hydroxylation is 3. The zero-order chi connectivity index (χ0) is 25.6. The third-order valence-corrected chi connectivity index (χ3v) is 5.68. The maximum Gasteiger partial charge on any atom is 0.417 e. The minimum atomic E-state index is -4.67. The number of carbonyl (C=O) groups excluding carboxylic acids is 1. The van der Waals surface area contributed by atoms with Crippen LogP contribution in [0, 0.1) is 20.8 Å². The molecule has 0 atom stereocenters. The molecule has 8 nitrogen and oxygen atoms in total. The van der Waals surface area contributed by atoms with Gasteiger partial charge in [0, 0.05) is 6.07 Å². The molecule has 0 aliphatic rings. The second-order valence-corrected chi connectivity index (χ2v) is 8.36. The van der Waals surface area contributed by atoms with E-state index < -0.39 is 23.2 Å². The van der Waals surface area contributed by atoms with Crippen molar-refractivity contribution in [1.82, 2.24) is 29.5 Å². The van der Waals surface area contributed by atoms with Crippen molar-refractivity contribution in [2.24, 2.45) is 0 Å². The number of nitrogens with zero attached hydrogens (tertiary/aromatic N) is 6. The molecule has 5 rings (SSSR count). The van der Waals surface area contributed by atoms with E-state index in [4.69, 9.17) is 0 Å². The summed E-state index contributed by atoms with van der Waals surface area (Å²) in [6, 6.07) is 12.1. The molecule has 0 spiro atoms. The molecule has 5 aromatic rings. The van der Waals surface area contributed by atoms with Gasteiger partial charge >= 0.3 is 6.18 Å². The highest BCUT2D eigenvalue weighted by molar-refractivity contribution is 6.05. The molecule has 0 bridgehead atoms. The highest BCUT2D eigenvalue weighted by Gasteiger charge is 2.35. The van der Waals surface area contributed by atoms with E-state index in [0.29, 0.717) is 22.5 Å². The summed E-state index contributed by atoms with van der Waals surface area (Å²) in [5.74, 6) is -0.433. The number of amides is 1. The minimum Gasteiger partial charge on any atom is -0.306 e. The van der Waals surface area contributed by atoms with Gasteiger partial charge in [0.2, 0.25) is 0 Å². The molecule has 1 amide bonds. The maximum atomic E-state index is 13.4. The Hall–Kier alpha value is -4.54. The number of benzene rings is 2. The van der Waals surface area contributed by atoms with Crippen LogP contribution in [-0.2, 0) is 6.18 Å². The molecule has 11 heteroatoms. The number of fused-ring (bicyclic) bond motifs is 1. The first-order chi connectivity index (χ1) is 17.1. The quantitative estimate of drug-likeness (QED) is 0.373. The average molecular weight is 491 g/mol. The molecule has 0 radical (unpaired) electrons. The lowest BCUT2D eigenvalue weighted by Crippen LogP contribution is -2.20. The van der Waals surface area contributed by atoms with Crippen molar-refractivity contribution in [2.75, 3.05) is 5.32 Å². The lowest BCUT2D eigenvalue weighted by atomic mass is 10.1. The topological polar surface area (TPSA) is 90.5 Å². The third kappa shape index (κ3) is 4.08. The Balaban J connectivity index is 1.57. The Bertz CT molecular complexity index is 1620. The van der Waals surface area contributed by atoms with Crippen LogP contribution in [0.15, 0.2) is 61.1 Å².